The first-order valence-electron chi connectivity index (χ1n) is 5.67. The van der Waals surface area contributed by atoms with Gasteiger partial charge in [0.15, 0.2) is 0 Å². The van der Waals surface area contributed by atoms with E-state index in [1.807, 2.05) is 0 Å². The third kappa shape index (κ3) is 3.08. The number of aromatic carboxylic acids is 1. The lowest BCUT2D eigenvalue weighted by atomic mass is 10.2. The van der Waals surface area contributed by atoms with Crippen molar-refractivity contribution in [3.8, 4) is 5.75 Å². The average molecular weight is 340 g/mol. The molecule has 3 N–H and O–H groups in total. The molecule has 6 heteroatoms. The molecule has 0 fully saturated rings. The predicted octanol–water partition coefficient (Wildman–Crippen LogP) is 3.45. The largest absolute Gasteiger partial charge is 0.487 e. The van der Waals surface area contributed by atoms with E-state index in [2.05, 4.69) is 15.9 Å². The Morgan fingerprint density at radius 1 is 1.35 bits per heavy atom. The topological polar surface area (TPSA) is 72.6 Å². The standard InChI is InChI=1S/C14H11BrFNO3/c15-13-9(2-1-3-10(13)16)7-20-12-6-8(14(18)19)4-5-11(12)17/h1-6H,7,17H2,(H,18,19). The number of carbonyl (C=O) groups is 1. The van der Waals surface area contributed by atoms with Crippen LogP contribution in [0.2, 0.25) is 0 Å². The molecule has 0 aromatic heterocycles. The Bertz CT molecular complexity index is 661. The SMILES string of the molecule is Nc1ccc(C(=O)O)cc1OCc1cccc(F)c1Br. The number of hydrogen-bond acceptors (Lipinski definition) is 3. The van der Waals surface area contributed by atoms with E-state index >= 15 is 0 Å². The molecule has 0 aliphatic carbocycles. The first kappa shape index (κ1) is 14.3. The van der Waals surface area contributed by atoms with Gasteiger partial charge in [-0.2, -0.15) is 0 Å². The zero-order chi connectivity index (χ0) is 14.7. The molecule has 2 rings (SSSR count). The van der Waals surface area contributed by atoms with Crippen molar-refractivity contribution in [3.63, 3.8) is 0 Å². The van der Waals surface area contributed by atoms with Crippen molar-refractivity contribution in [2.75, 3.05) is 5.73 Å². The molecule has 0 heterocycles. The van der Waals surface area contributed by atoms with Gasteiger partial charge in [-0.1, -0.05) is 12.1 Å². The van der Waals surface area contributed by atoms with Crippen LogP contribution < -0.4 is 10.5 Å². The zero-order valence-corrected chi connectivity index (χ0v) is 11.9. The lowest BCUT2D eigenvalue weighted by Gasteiger charge is -2.11. The number of nitrogen functional groups attached to an aromatic ring is 1. The van der Waals surface area contributed by atoms with Gasteiger partial charge in [0, 0.05) is 5.56 Å². The third-order valence-electron chi connectivity index (χ3n) is 2.68. The van der Waals surface area contributed by atoms with Crippen molar-refractivity contribution in [3.05, 3.63) is 57.8 Å². The number of nitrogens with two attached hydrogens (primary N) is 1. The summed E-state index contributed by atoms with van der Waals surface area (Å²) in [6, 6.07) is 8.78. The van der Waals surface area contributed by atoms with E-state index < -0.39 is 11.8 Å². The minimum Gasteiger partial charge on any atom is -0.487 e. The van der Waals surface area contributed by atoms with Crippen LogP contribution in [0.25, 0.3) is 0 Å². The monoisotopic (exact) mass is 339 g/mol. The summed E-state index contributed by atoms with van der Waals surface area (Å²) in [6.45, 7) is 0.0750. The van der Waals surface area contributed by atoms with Crippen LogP contribution in [0.1, 0.15) is 15.9 Å². The Hall–Kier alpha value is -2.08. The molecule has 0 unspecified atom stereocenters. The number of rotatable bonds is 4. The first-order valence-corrected chi connectivity index (χ1v) is 6.47. The van der Waals surface area contributed by atoms with Crippen LogP contribution in [-0.2, 0) is 6.61 Å². The van der Waals surface area contributed by atoms with Gasteiger partial charge in [0.05, 0.1) is 15.7 Å². The quantitative estimate of drug-likeness (QED) is 0.837. The van der Waals surface area contributed by atoms with Crippen LogP contribution in [0.5, 0.6) is 5.75 Å². The molecular weight excluding hydrogens is 329 g/mol. The summed E-state index contributed by atoms with van der Waals surface area (Å²) in [5, 5.41) is 8.91. The van der Waals surface area contributed by atoms with Crippen molar-refractivity contribution < 1.29 is 19.0 Å². The highest BCUT2D eigenvalue weighted by atomic mass is 79.9. The molecule has 0 aliphatic heterocycles. The highest BCUT2D eigenvalue weighted by Gasteiger charge is 2.10. The molecule has 2 aromatic carbocycles. The molecule has 0 atom stereocenters. The number of hydrogen-bond donors (Lipinski definition) is 2. The van der Waals surface area contributed by atoms with E-state index in [9.17, 15) is 9.18 Å². The van der Waals surface area contributed by atoms with Crippen LogP contribution in [0, 0.1) is 5.82 Å². The predicted molar refractivity (Wildman–Crippen MR) is 76.2 cm³/mol. The second-order valence-electron chi connectivity index (χ2n) is 4.06. The van der Waals surface area contributed by atoms with Crippen molar-refractivity contribution >= 4 is 27.6 Å². The summed E-state index contributed by atoms with van der Waals surface area (Å²) >= 11 is 3.13. The van der Waals surface area contributed by atoms with Gasteiger partial charge in [-0.15, -0.1) is 0 Å². The molecule has 0 radical (unpaired) electrons. The normalized spacial score (nSPS) is 10.3. The van der Waals surface area contributed by atoms with Gasteiger partial charge in [0.2, 0.25) is 0 Å². The van der Waals surface area contributed by atoms with Gasteiger partial charge < -0.3 is 15.6 Å². The molecule has 104 valence electrons. The van der Waals surface area contributed by atoms with Crippen molar-refractivity contribution in [1.82, 2.24) is 0 Å². The maximum absolute atomic E-state index is 13.3. The van der Waals surface area contributed by atoms with Gasteiger partial charge in [-0.05, 0) is 40.2 Å². The summed E-state index contributed by atoms with van der Waals surface area (Å²) in [5.74, 6) is -1.21. The van der Waals surface area contributed by atoms with E-state index in [1.165, 1.54) is 24.3 Å². The minimum absolute atomic E-state index is 0.0750. The molecule has 0 saturated carbocycles. The van der Waals surface area contributed by atoms with Gasteiger partial charge in [0.25, 0.3) is 0 Å². The smallest absolute Gasteiger partial charge is 0.335 e. The summed E-state index contributed by atoms with van der Waals surface area (Å²) in [7, 11) is 0. The summed E-state index contributed by atoms with van der Waals surface area (Å²) in [5.41, 5.74) is 6.72. The maximum Gasteiger partial charge on any atom is 0.335 e. The fourth-order valence-corrected chi connectivity index (χ4v) is 1.99. The van der Waals surface area contributed by atoms with Crippen LogP contribution in [0.3, 0.4) is 0 Å². The van der Waals surface area contributed by atoms with E-state index in [0.29, 0.717) is 15.7 Å². The fraction of sp³-hybridized carbons (Fsp3) is 0.0714. The molecule has 0 saturated heterocycles. The third-order valence-corrected chi connectivity index (χ3v) is 3.56. The maximum atomic E-state index is 13.3. The Balaban J connectivity index is 2.20. The van der Waals surface area contributed by atoms with Gasteiger partial charge in [-0.3, -0.25) is 0 Å². The van der Waals surface area contributed by atoms with Gasteiger partial charge in [-0.25, -0.2) is 9.18 Å². The Labute approximate surface area is 123 Å². The fourth-order valence-electron chi connectivity index (χ4n) is 1.61. The number of benzene rings is 2. The number of carboxylic acids is 1. The van der Waals surface area contributed by atoms with E-state index in [-0.39, 0.29) is 17.9 Å². The zero-order valence-electron chi connectivity index (χ0n) is 10.3. The Morgan fingerprint density at radius 3 is 2.80 bits per heavy atom. The molecule has 20 heavy (non-hydrogen) atoms. The second-order valence-corrected chi connectivity index (χ2v) is 4.85. The first-order chi connectivity index (χ1) is 9.49. The molecule has 0 aliphatic rings. The van der Waals surface area contributed by atoms with E-state index in [4.69, 9.17) is 15.6 Å². The second kappa shape index (κ2) is 5.92. The molecule has 0 amide bonds. The minimum atomic E-state index is -1.07. The highest BCUT2D eigenvalue weighted by molar-refractivity contribution is 9.10. The molecule has 4 nitrogen and oxygen atoms in total. The van der Waals surface area contributed by atoms with Crippen LogP contribution >= 0.6 is 15.9 Å². The lowest BCUT2D eigenvalue weighted by molar-refractivity contribution is 0.0696. The number of ether oxygens (including phenoxy) is 1. The Kier molecular flexibility index (Phi) is 4.24. The molecule has 0 spiro atoms. The Morgan fingerprint density at radius 2 is 2.10 bits per heavy atom. The van der Waals surface area contributed by atoms with E-state index in [1.54, 1.807) is 12.1 Å². The van der Waals surface area contributed by atoms with Crippen molar-refractivity contribution in [2.45, 2.75) is 6.61 Å². The number of halogens is 2. The summed E-state index contributed by atoms with van der Waals surface area (Å²) in [6.07, 6.45) is 0. The summed E-state index contributed by atoms with van der Waals surface area (Å²) < 4.78 is 19.1. The van der Waals surface area contributed by atoms with E-state index in [0.717, 1.165) is 0 Å². The molecular formula is C14H11BrFNO3. The highest BCUT2D eigenvalue weighted by Crippen LogP contribution is 2.26. The number of anilines is 1. The van der Waals surface area contributed by atoms with Gasteiger partial charge >= 0.3 is 5.97 Å². The van der Waals surface area contributed by atoms with Crippen LogP contribution in [-0.4, -0.2) is 11.1 Å². The number of carboxylic acid groups (broad SMARTS) is 1. The molecule has 0 bridgehead atoms. The average Bonchev–Trinajstić information content (AvgIpc) is 2.41. The lowest BCUT2D eigenvalue weighted by Crippen LogP contribution is -2.03. The van der Waals surface area contributed by atoms with Crippen molar-refractivity contribution in [2.24, 2.45) is 0 Å². The summed E-state index contributed by atoms with van der Waals surface area (Å²) in [4.78, 5) is 10.9. The van der Waals surface area contributed by atoms with Gasteiger partial charge in [0.1, 0.15) is 18.2 Å². The van der Waals surface area contributed by atoms with Crippen molar-refractivity contribution in [1.29, 1.82) is 0 Å². The van der Waals surface area contributed by atoms with Crippen LogP contribution in [0.15, 0.2) is 40.9 Å². The molecule has 2 aromatic rings. The van der Waals surface area contributed by atoms with Crippen LogP contribution in [0.4, 0.5) is 10.1 Å².